The predicted molar refractivity (Wildman–Crippen MR) is 120 cm³/mol. The highest BCUT2D eigenvalue weighted by molar-refractivity contribution is 5.17. The fourth-order valence-electron chi connectivity index (χ4n) is 3.66. The van der Waals surface area contributed by atoms with Gasteiger partial charge in [-0.3, -0.25) is 0 Å². The molecule has 4 nitrogen and oxygen atoms in total. The topological polar surface area (TPSA) is 47.9 Å². The Morgan fingerprint density at radius 3 is 1.42 bits per heavy atom. The molecule has 3 aromatic rings. The van der Waals surface area contributed by atoms with Crippen molar-refractivity contribution in [2.24, 2.45) is 0 Å². The summed E-state index contributed by atoms with van der Waals surface area (Å²) in [7, 11) is 0. The van der Waals surface area contributed by atoms with Crippen LogP contribution in [0.3, 0.4) is 0 Å². The van der Waals surface area contributed by atoms with Crippen LogP contribution in [-0.2, 0) is 34.0 Å². The number of benzene rings is 3. The van der Waals surface area contributed by atoms with Gasteiger partial charge in [-0.15, -0.1) is 0 Å². The molecule has 31 heavy (non-hydrogen) atoms. The normalized spacial score (nSPS) is 23.0. The van der Waals surface area contributed by atoms with E-state index in [4.69, 9.17) is 14.2 Å². The Hall–Kier alpha value is -2.76. The lowest BCUT2D eigenvalue weighted by Crippen LogP contribution is -2.50. The van der Waals surface area contributed by atoms with E-state index >= 15 is 0 Å². The van der Waals surface area contributed by atoms with Crippen LogP contribution in [0.1, 0.15) is 16.7 Å². The SMILES string of the molecule is O[C@@H]1C=C[C@H](OCc2ccccc2)[C@@H](OCc2ccccc2)[C@@H]1OCc1ccccc1. The first-order valence-corrected chi connectivity index (χ1v) is 10.6. The third kappa shape index (κ3) is 6.12. The molecular formula is C27H28O4. The lowest BCUT2D eigenvalue weighted by atomic mass is 9.95. The van der Waals surface area contributed by atoms with Crippen molar-refractivity contribution in [1.82, 2.24) is 0 Å². The van der Waals surface area contributed by atoms with E-state index in [0.717, 1.165) is 16.7 Å². The maximum Gasteiger partial charge on any atom is 0.117 e. The zero-order chi connectivity index (χ0) is 21.3. The van der Waals surface area contributed by atoms with Gasteiger partial charge in [0, 0.05) is 0 Å². The van der Waals surface area contributed by atoms with Crippen molar-refractivity contribution in [3.8, 4) is 0 Å². The number of rotatable bonds is 9. The average molecular weight is 417 g/mol. The summed E-state index contributed by atoms with van der Waals surface area (Å²) in [5.41, 5.74) is 3.20. The van der Waals surface area contributed by atoms with Gasteiger partial charge in [-0.1, -0.05) is 103 Å². The maximum absolute atomic E-state index is 10.7. The largest absolute Gasteiger partial charge is 0.386 e. The molecule has 1 N–H and O–H groups in total. The number of aliphatic hydroxyl groups excluding tert-OH is 1. The minimum Gasteiger partial charge on any atom is -0.386 e. The molecule has 4 heteroatoms. The first-order chi connectivity index (χ1) is 15.3. The van der Waals surface area contributed by atoms with Crippen LogP contribution in [0.15, 0.2) is 103 Å². The predicted octanol–water partition coefficient (Wildman–Crippen LogP) is 4.67. The fourth-order valence-corrected chi connectivity index (χ4v) is 3.66. The molecular weight excluding hydrogens is 388 g/mol. The van der Waals surface area contributed by atoms with Crippen molar-refractivity contribution in [3.63, 3.8) is 0 Å². The Balaban J connectivity index is 1.48. The summed E-state index contributed by atoms with van der Waals surface area (Å²) >= 11 is 0. The van der Waals surface area contributed by atoms with Crippen LogP contribution in [0.5, 0.6) is 0 Å². The lowest BCUT2D eigenvalue weighted by Gasteiger charge is -2.37. The van der Waals surface area contributed by atoms with Crippen LogP contribution in [-0.4, -0.2) is 29.5 Å². The molecule has 0 saturated carbocycles. The minimum atomic E-state index is -0.763. The average Bonchev–Trinajstić information content (AvgIpc) is 2.83. The number of ether oxygens (including phenoxy) is 3. The van der Waals surface area contributed by atoms with Gasteiger partial charge >= 0.3 is 0 Å². The van der Waals surface area contributed by atoms with Gasteiger partial charge in [-0.05, 0) is 16.7 Å². The van der Waals surface area contributed by atoms with Gasteiger partial charge in [0.05, 0.1) is 19.8 Å². The summed E-state index contributed by atoms with van der Waals surface area (Å²) < 4.78 is 18.6. The fraction of sp³-hybridized carbons (Fsp3) is 0.259. The molecule has 4 atom stereocenters. The second-order valence-electron chi connectivity index (χ2n) is 7.66. The van der Waals surface area contributed by atoms with Crippen LogP contribution in [0.25, 0.3) is 0 Å². The van der Waals surface area contributed by atoms with Gasteiger partial charge in [-0.2, -0.15) is 0 Å². The quantitative estimate of drug-likeness (QED) is 0.515. The van der Waals surface area contributed by atoms with Gasteiger partial charge in [-0.25, -0.2) is 0 Å². The highest BCUT2D eigenvalue weighted by Gasteiger charge is 2.38. The molecule has 0 aliphatic heterocycles. The molecule has 0 radical (unpaired) electrons. The van der Waals surface area contributed by atoms with Crippen molar-refractivity contribution in [2.45, 2.75) is 44.2 Å². The van der Waals surface area contributed by atoms with Crippen molar-refractivity contribution >= 4 is 0 Å². The molecule has 1 aliphatic rings. The number of hydrogen-bond acceptors (Lipinski definition) is 4. The second kappa shape index (κ2) is 11.0. The Morgan fingerprint density at radius 1 is 0.516 bits per heavy atom. The second-order valence-corrected chi connectivity index (χ2v) is 7.66. The smallest absolute Gasteiger partial charge is 0.117 e. The zero-order valence-corrected chi connectivity index (χ0v) is 17.4. The van der Waals surface area contributed by atoms with Crippen molar-refractivity contribution < 1.29 is 19.3 Å². The van der Waals surface area contributed by atoms with Crippen LogP contribution >= 0.6 is 0 Å². The molecule has 0 spiro atoms. The summed E-state index contributed by atoms with van der Waals surface area (Å²) in [6.45, 7) is 1.28. The van der Waals surface area contributed by atoms with Crippen LogP contribution in [0.4, 0.5) is 0 Å². The molecule has 0 heterocycles. The van der Waals surface area contributed by atoms with Crippen LogP contribution in [0, 0.1) is 0 Å². The van der Waals surface area contributed by atoms with E-state index in [-0.39, 0.29) is 6.10 Å². The van der Waals surface area contributed by atoms with Crippen molar-refractivity contribution in [1.29, 1.82) is 0 Å². The molecule has 1 aliphatic carbocycles. The maximum atomic E-state index is 10.7. The zero-order valence-electron chi connectivity index (χ0n) is 17.4. The van der Waals surface area contributed by atoms with E-state index < -0.39 is 18.3 Å². The van der Waals surface area contributed by atoms with Crippen LogP contribution < -0.4 is 0 Å². The highest BCUT2D eigenvalue weighted by Crippen LogP contribution is 2.25. The Kier molecular flexibility index (Phi) is 7.64. The molecule has 0 bridgehead atoms. The first-order valence-electron chi connectivity index (χ1n) is 10.6. The molecule has 160 valence electrons. The van der Waals surface area contributed by atoms with E-state index in [1.807, 2.05) is 97.1 Å². The molecule has 0 unspecified atom stereocenters. The summed E-state index contributed by atoms with van der Waals surface area (Å²) in [5, 5.41) is 10.7. The summed E-state index contributed by atoms with van der Waals surface area (Å²) in [4.78, 5) is 0. The summed E-state index contributed by atoms with van der Waals surface area (Å²) in [6.07, 6.45) is 1.57. The number of aliphatic hydroxyl groups is 1. The van der Waals surface area contributed by atoms with Gasteiger partial charge < -0.3 is 19.3 Å². The van der Waals surface area contributed by atoms with Crippen LogP contribution in [0.2, 0.25) is 0 Å². The molecule has 0 amide bonds. The summed E-state index contributed by atoms with van der Waals surface area (Å²) in [6, 6.07) is 30.0. The van der Waals surface area contributed by atoms with E-state index in [1.54, 1.807) is 6.08 Å². The van der Waals surface area contributed by atoms with E-state index in [9.17, 15) is 5.11 Å². The highest BCUT2D eigenvalue weighted by atomic mass is 16.6. The van der Waals surface area contributed by atoms with Crippen molar-refractivity contribution in [3.05, 3.63) is 120 Å². The first kappa shape index (κ1) is 21.5. The van der Waals surface area contributed by atoms with E-state index in [2.05, 4.69) is 0 Å². The Morgan fingerprint density at radius 2 is 0.935 bits per heavy atom. The van der Waals surface area contributed by atoms with Gasteiger partial charge in [0.25, 0.3) is 0 Å². The van der Waals surface area contributed by atoms with Gasteiger partial charge in [0.1, 0.15) is 24.4 Å². The van der Waals surface area contributed by atoms with E-state index in [0.29, 0.717) is 19.8 Å². The third-order valence-electron chi connectivity index (χ3n) is 5.34. The molecule has 0 aromatic heterocycles. The van der Waals surface area contributed by atoms with Crippen molar-refractivity contribution in [2.75, 3.05) is 0 Å². The molecule has 3 aromatic carbocycles. The standard InChI is InChI=1S/C27H28O4/c28-24-16-17-25(29-18-21-10-4-1-5-11-21)27(31-20-23-14-8-3-9-15-23)26(24)30-19-22-12-6-2-7-13-22/h1-17,24-28H,18-20H2/t24-,25+,26-,27-/m1/s1. The van der Waals surface area contributed by atoms with Gasteiger partial charge in [0.2, 0.25) is 0 Å². The minimum absolute atomic E-state index is 0.326. The molecule has 0 fully saturated rings. The Labute approximate surface area is 183 Å². The van der Waals surface area contributed by atoms with E-state index in [1.165, 1.54) is 0 Å². The molecule has 0 saturated heterocycles. The van der Waals surface area contributed by atoms with Gasteiger partial charge in [0.15, 0.2) is 0 Å². The number of hydrogen-bond donors (Lipinski definition) is 1. The lowest BCUT2D eigenvalue weighted by molar-refractivity contribution is -0.167. The summed E-state index contributed by atoms with van der Waals surface area (Å²) in [5.74, 6) is 0. The Bertz CT molecular complexity index is 927. The monoisotopic (exact) mass is 416 g/mol. The molecule has 4 rings (SSSR count). The third-order valence-corrected chi connectivity index (χ3v) is 5.34.